The lowest BCUT2D eigenvalue weighted by Crippen LogP contribution is -2.23. The van der Waals surface area contributed by atoms with Crippen LogP contribution >= 0.6 is 11.8 Å². The van der Waals surface area contributed by atoms with Gasteiger partial charge in [-0.1, -0.05) is 23.9 Å². The molecule has 1 amide bonds. The summed E-state index contributed by atoms with van der Waals surface area (Å²) in [5.74, 6) is -0.439. The summed E-state index contributed by atoms with van der Waals surface area (Å²) in [6.07, 6.45) is 0. The van der Waals surface area contributed by atoms with E-state index in [1.54, 1.807) is 31.2 Å². The summed E-state index contributed by atoms with van der Waals surface area (Å²) in [4.78, 5) is 29.5. The highest BCUT2D eigenvalue weighted by Crippen LogP contribution is 2.19. The third-order valence-corrected chi connectivity index (χ3v) is 3.28. The molecule has 1 heterocycles. The van der Waals surface area contributed by atoms with Crippen LogP contribution in [0.3, 0.4) is 0 Å². The third-order valence-electron chi connectivity index (χ3n) is 2.28. The zero-order chi connectivity index (χ0) is 12.4. The van der Waals surface area contributed by atoms with E-state index in [4.69, 9.17) is 5.73 Å². The molecule has 0 fully saturated rings. The fourth-order valence-corrected chi connectivity index (χ4v) is 2.10. The minimum absolute atomic E-state index is 0.213. The first-order valence-corrected chi connectivity index (χ1v) is 5.91. The number of nitrogens with zero attached hydrogens (tertiary/aromatic N) is 1. The Morgan fingerprint density at radius 3 is 2.88 bits per heavy atom. The van der Waals surface area contributed by atoms with Crippen molar-refractivity contribution in [1.29, 1.82) is 0 Å². The van der Waals surface area contributed by atoms with Crippen LogP contribution in [0.25, 0.3) is 10.9 Å². The number of rotatable bonds is 3. The molecule has 0 aliphatic heterocycles. The molecular weight excluding hydrogens is 238 g/mol. The zero-order valence-corrected chi connectivity index (χ0v) is 9.95. The zero-order valence-electron chi connectivity index (χ0n) is 9.14. The second-order valence-electron chi connectivity index (χ2n) is 3.55. The Bertz CT molecular complexity index is 623. The van der Waals surface area contributed by atoms with Crippen molar-refractivity contribution in [2.24, 2.45) is 5.73 Å². The van der Waals surface area contributed by atoms with Crippen LogP contribution in [0.2, 0.25) is 0 Å². The van der Waals surface area contributed by atoms with E-state index in [1.165, 1.54) is 0 Å². The first-order valence-electron chi connectivity index (χ1n) is 5.03. The molecule has 0 aliphatic rings. The average Bonchev–Trinajstić information content (AvgIpc) is 2.29. The maximum atomic E-state index is 11.7. The van der Waals surface area contributed by atoms with Gasteiger partial charge in [-0.3, -0.25) is 9.59 Å². The maximum Gasteiger partial charge on any atom is 0.259 e. The predicted molar refractivity (Wildman–Crippen MR) is 66.9 cm³/mol. The predicted octanol–water partition coefficient (Wildman–Crippen LogP) is 0.889. The van der Waals surface area contributed by atoms with Crippen molar-refractivity contribution in [1.82, 2.24) is 9.97 Å². The van der Waals surface area contributed by atoms with E-state index in [1.807, 2.05) is 0 Å². The highest BCUT2D eigenvalue weighted by atomic mass is 32.2. The number of aromatic amines is 1. The van der Waals surface area contributed by atoms with Gasteiger partial charge in [0.2, 0.25) is 5.91 Å². The number of carbonyl (C=O) groups excluding carboxylic acids is 1. The Hall–Kier alpha value is -1.82. The second-order valence-corrected chi connectivity index (χ2v) is 4.88. The molecular formula is C11H11N3O2S. The van der Waals surface area contributed by atoms with Crippen molar-refractivity contribution in [2.45, 2.75) is 17.3 Å². The number of H-pyrrole nitrogens is 1. The molecule has 0 saturated heterocycles. The van der Waals surface area contributed by atoms with Crippen molar-refractivity contribution in [3.8, 4) is 0 Å². The molecule has 0 radical (unpaired) electrons. The lowest BCUT2D eigenvalue weighted by molar-refractivity contribution is -0.117. The number of amides is 1. The summed E-state index contributed by atoms with van der Waals surface area (Å²) in [5, 5.41) is 0.503. The lowest BCUT2D eigenvalue weighted by Gasteiger charge is -2.06. The van der Waals surface area contributed by atoms with E-state index in [0.29, 0.717) is 16.1 Å². The van der Waals surface area contributed by atoms with E-state index in [2.05, 4.69) is 9.97 Å². The molecule has 1 unspecified atom stereocenters. The third kappa shape index (κ3) is 2.47. The molecule has 0 aliphatic carbocycles. The number of benzene rings is 1. The Morgan fingerprint density at radius 2 is 2.18 bits per heavy atom. The van der Waals surface area contributed by atoms with E-state index in [-0.39, 0.29) is 5.56 Å². The summed E-state index contributed by atoms with van der Waals surface area (Å²) in [6, 6.07) is 7.04. The van der Waals surface area contributed by atoms with E-state index in [9.17, 15) is 9.59 Å². The van der Waals surface area contributed by atoms with Crippen LogP contribution in [0.4, 0.5) is 0 Å². The Balaban J connectivity index is 2.44. The quantitative estimate of drug-likeness (QED) is 0.624. The molecule has 3 N–H and O–H groups in total. The van der Waals surface area contributed by atoms with Crippen LogP contribution in [0.15, 0.2) is 34.2 Å². The van der Waals surface area contributed by atoms with Crippen LogP contribution in [0.5, 0.6) is 0 Å². The van der Waals surface area contributed by atoms with Gasteiger partial charge in [0.25, 0.3) is 5.56 Å². The number of hydrogen-bond donors (Lipinski definition) is 2. The maximum absolute atomic E-state index is 11.7. The SMILES string of the molecule is CC(Sc1nc2ccccc2c(=O)[nH]1)C(N)=O. The highest BCUT2D eigenvalue weighted by Gasteiger charge is 2.12. The number of fused-ring (bicyclic) bond motifs is 1. The summed E-state index contributed by atoms with van der Waals surface area (Å²) >= 11 is 1.14. The monoisotopic (exact) mass is 249 g/mol. The van der Waals surface area contributed by atoms with Gasteiger partial charge < -0.3 is 10.7 Å². The fourth-order valence-electron chi connectivity index (χ4n) is 1.35. The topological polar surface area (TPSA) is 88.8 Å². The van der Waals surface area contributed by atoms with Crippen LogP contribution in [-0.4, -0.2) is 21.1 Å². The van der Waals surface area contributed by atoms with Crippen molar-refractivity contribution in [3.63, 3.8) is 0 Å². The second kappa shape index (κ2) is 4.58. The van der Waals surface area contributed by atoms with Gasteiger partial charge in [-0.15, -0.1) is 0 Å². The minimum Gasteiger partial charge on any atom is -0.369 e. The molecule has 6 heteroatoms. The summed E-state index contributed by atoms with van der Waals surface area (Å²) in [5.41, 5.74) is 5.55. The molecule has 0 saturated carbocycles. The summed E-state index contributed by atoms with van der Waals surface area (Å²) in [7, 11) is 0. The minimum atomic E-state index is -0.439. The molecule has 0 bridgehead atoms. The normalized spacial score (nSPS) is 12.5. The van der Waals surface area contributed by atoms with E-state index >= 15 is 0 Å². The van der Waals surface area contributed by atoms with Gasteiger partial charge in [0, 0.05) is 0 Å². The van der Waals surface area contributed by atoms with Crippen LogP contribution in [0.1, 0.15) is 6.92 Å². The Labute approximate surface area is 101 Å². The standard InChI is InChI=1S/C11H11N3O2S/c1-6(9(12)15)17-11-13-8-5-3-2-4-7(8)10(16)14-11/h2-6H,1H3,(H2,12,15)(H,13,14,16). The first-order chi connectivity index (χ1) is 8.08. The molecule has 1 atom stereocenters. The van der Waals surface area contributed by atoms with Crippen molar-refractivity contribution >= 4 is 28.6 Å². The molecule has 2 aromatic rings. The largest absolute Gasteiger partial charge is 0.369 e. The number of thioether (sulfide) groups is 1. The molecule has 0 spiro atoms. The number of hydrogen-bond acceptors (Lipinski definition) is 4. The van der Waals surface area contributed by atoms with Gasteiger partial charge in [0.05, 0.1) is 16.2 Å². The fraction of sp³-hybridized carbons (Fsp3) is 0.182. The Morgan fingerprint density at radius 1 is 1.47 bits per heavy atom. The lowest BCUT2D eigenvalue weighted by atomic mass is 10.2. The van der Waals surface area contributed by atoms with Gasteiger partial charge in [0.15, 0.2) is 5.16 Å². The number of nitrogens with two attached hydrogens (primary N) is 1. The van der Waals surface area contributed by atoms with Gasteiger partial charge in [-0.25, -0.2) is 4.98 Å². The number of para-hydroxylation sites is 1. The van der Waals surface area contributed by atoms with Crippen molar-refractivity contribution < 1.29 is 4.79 Å². The molecule has 17 heavy (non-hydrogen) atoms. The number of carbonyl (C=O) groups is 1. The van der Waals surface area contributed by atoms with Crippen molar-refractivity contribution in [2.75, 3.05) is 0 Å². The van der Waals surface area contributed by atoms with Gasteiger partial charge in [-0.2, -0.15) is 0 Å². The Kier molecular flexibility index (Phi) is 3.14. The number of nitrogens with one attached hydrogen (secondary N) is 1. The first kappa shape index (κ1) is 11.7. The summed E-state index contributed by atoms with van der Waals surface area (Å²) < 4.78 is 0. The van der Waals surface area contributed by atoms with Crippen LogP contribution in [-0.2, 0) is 4.79 Å². The van der Waals surface area contributed by atoms with E-state index < -0.39 is 11.2 Å². The van der Waals surface area contributed by atoms with Gasteiger partial charge in [-0.05, 0) is 19.1 Å². The number of aromatic nitrogens is 2. The van der Waals surface area contributed by atoms with Gasteiger partial charge in [0.1, 0.15) is 0 Å². The smallest absolute Gasteiger partial charge is 0.259 e. The highest BCUT2D eigenvalue weighted by molar-refractivity contribution is 8.00. The van der Waals surface area contributed by atoms with Crippen molar-refractivity contribution in [3.05, 3.63) is 34.6 Å². The van der Waals surface area contributed by atoms with Crippen LogP contribution in [0, 0.1) is 0 Å². The molecule has 1 aromatic carbocycles. The number of primary amides is 1. The average molecular weight is 249 g/mol. The molecule has 1 aromatic heterocycles. The van der Waals surface area contributed by atoms with Gasteiger partial charge >= 0.3 is 0 Å². The summed E-state index contributed by atoms with van der Waals surface area (Å²) in [6.45, 7) is 1.67. The van der Waals surface area contributed by atoms with E-state index in [0.717, 1.165) is 11.8 Å². The molecule has 5 nitrogen and oxygen atoms in total. The molecule has 88 valence electrons. The molecule has 2 rings (SSSR count). The van der Waals surface area contributed by atoms with Crippen LogP contribution < -0.4 is 11.3 Å².